The van der Waals surface area contributed by atoms with Crippen molar-refractivity contribution in [2.45, 2.75) is 0 Å². The monoisotopic (exact) mass is 154 g/mol. The van der Waals surface area contributed by atoms with Crippen molar-refractivity contribution >= 4 is 12.6 Å². The Hall–Kier alpha value is -1.20. The Morgan fingerprint density at radius 3 is 1.73 bits per heavy atom. The maximum absolute atomic E-state index is 8.86. The molecule has 1 rings (SSSR count). The summed E-state index contributed by atoms with van der Waals surface area (Å²) in [6.45, 7) is 0. The van der Waals surface area contributed by atoms with Crippen LogP contribution in [0.2, 0.25) is 0 Å². The van der Waals surface area contributed by atoms with Crippen LogP contribution in [0.3, 0.4) is 0 Å². The summed E-state index contributed by atoms with van der Waals surface area (Å²) in [7, 11) is -1.67. The number of phenolic OH excluding ortho intramolecular Hbond substituents is 2. The standard InChI is InChI=1S/C6H7BO4/c8-5-1-4(7(10)11)2-6(9)3-5/h1-3,8-11H. The van der Waals surface area contributed by atoms with E-state index >= 15 is 0 Å². The van der Waals surface area contributed by atoms with Gasteiger partial charge >= 0.3 is 7.12 Å². The summed E-state index contributed by atoms with van der Waals surface area (Å²) >= 11 is 0. The van der Waals surface area contributed by atoms with Crippen molar-refractivity contribution in [2.24, 2.45) is 0 Å². The Kier molecular flexibility index (Phi) is 2.02. The molecule has 1 aromatic carbocycles. The minimum Gasteiger partial charge on any atom is -0.508 e. The molecule has 0 heterocycles. The van der Waals surface area contributed by atoms with E-state index < -0.39 is 7.12 Å². The Morgan fingerprint density at radius 2 is 1.36 bits per heavy atom. The van der Waals surface area contributed by atoms with E-state index in [0.717, 1.165) is 18.2 Å². The molecule has 0 aliphatic carbocycles. The van der Waals surface area contributed by atoms with Crippen molar-refractivity contribution in [3.8, 4) is 11.5 Å². The van der Waals surface area contributed by atoms with Gasteiger partial charge in [-0.2, -0.15) is 0 Å². The molecule has 0 atom stereocenters. The molecule has 0 aliphatic rings. The summed E-state index contributed by atoms with van der Waals surface area (Å²) < 4.78 is 0. The molecule has 11 heavy (non-hydrogen) atoms. The van der Waals surface area contributed by atoms with Crippen molar-refractivity contribution in [3.05, 3.63) is 18.2 Å². The van der Waals surface area contributed by atoms with Gasteiger partial charge in [0.2, 0.25) is 0 Å². The van der Waals surface area contributed by atoms with Gasteiger partial charge in [-0.25, -0.2) is 0 Å². The Bertz CT molecular complexity index is 241. The highest BCUT2D eigenvalue weighted by Crippen LogP contribution is 2.14. The number of aromatic hydroxyl groups is 2. The van der Waals surface area contributed by atoms with Crippen LogP contribution in [0.15, 0.2) is 18.2 Å². The minimum absolute atomic E-state index is 0.0579. The first-order chi connectivity index (χ1) is 5.09. The van der Waals surface area contributed by atoms with Gasteiger partial charge in [0.15, 0.2) is 0 Å². The van der Waals surface area contributed by atoms with Crippen LogP contribution in [0.5, 0.6) is 11.5 Å². The zero-order valence-corrected chi connectivity index (χ0v) is 5.60. The van der Waals surface area contributed by atoms with Crippen LogP contribution < -0.4 is 5.46 Å². The largest absolute Gasteiger partial charge is 0.508 e. The topological polar surface area (TPSA) is 80.9 Å². The van der Waals surface area contributed by atoms with E-state index in [0.29, 0.717) is 0 Å². The second-order valence-corrected chi connectivity index (χ2v) is 2.16. The van der Waals surface area contributed by atoms with Gasteiger partial charge in [-0.1, -0.05) is 0 Å². The van der Waals surface area contributed by atoms with Crippen molar-refractivity contribution in [1.82, 2.24) is 0 Å². The van der Waals surface area contributed by atoms with Crippen LogP contribution in [0.4, 0.5) is 0 Å². The van der Waals surface area contributed by atoms with Crippen LogP contribution in [0.25, 0.3) is 0 Å². The van der Waals surface area contributed by atoms with Crippen molar-refractivity contribution in [3.63, 3.8) is 0 Å². The van der Waals surface area contributed by atoms with Gasteiger partial charge in [-0.15, -0.1) is 0 Å². The third kappa shape index (κ3) is 1.86. The zero-order chi connectivity index (χ0) is 8.43. The van der Waals surface area contributed by atoms with Crippen LogP contribution >= 0.6 is 0 Å². The molecule has 0 aliphatic heterocycles. The van der Waals surface area contributed by atoms with Gasteiger partial charge in [0, 0.05) is 6.07 Å². The SMILES string of the molecule is OB(O)c1cc(O)cc(O)c1. The number of hydrogen-bond donors (Lipinski definition) is 4. The number of benzene rings is 1. The summed E-state index contributed by atoms with van der Waals surface area (Å²) in [4.78, 5) is 0. The van der Waals surface area contributed by atoms with Gasteiger partial charge in [0.05, 0.1) is 0 Å². The van der Waals surface area contributed by atoms with Crippen LogP contribution in [0, 0.1) is 0 Å². The highest BCUT2D eigenvalue weighted by Gasteiger charge is 2.12. The second-order valence-electron chi connectivity index (χ2n) is 2.16. The maximum Gasteiger partial charge on any atom is 0.488 e. The van der Waals surface area contributed by atoms with Crippen LogP contribution in [0.1, 0.15) is 0 Å². The molecule has 0 saturated heterocycles. The lowest BCUT2D eigenvalue weighted by Crippen LogP contribution is -2.29. The third-order valence-electron chi connectivity index (χ3n) is 1.22. The van der Waals surface area contributed by atoms with Gasteiger partial charge in [0.25, 0.3) is 0 Å². The molecule has 0 fully saturated rings. The molecule has 58 valence electrons. The molecular formula is C6H7BO4. The molecule has 0 unspecified atom stereocenters. The summed E-state index contributed by atoms with van der Waals surface area (Å²) in [6, 6.07) is 3.42. The van der Waals surface area contributed by atoms with Gasteiger partial charge in [-0.05, 0) is 17.6 Å². The summed E-state index contributed by atoms with van der Waals surface area (Å²) in [5, 5.41) is 34.9. The molecule has 0 radical (unpaired) electrons. The summed E-state index contributed by atoms with van der Waals surface area (Å²) in [6.07, 6.45) is 0. The average Bonchev–Trinajstić information content (AvgIpc) is 1.85. The predicted molar refractivity (Wildman–Crippen MR) is 39.6 cm³/mol. The number of hydrogen-bond acceptors (Lipinski definition) is 4. The van der Waals surface area contributed by atoms with Gasteiger partial charge in [0.1, 0.15) is 11.5 Å². The van der Waals surface area contributed by atoms with Crippen LogP contribution in [-0.4, -0.2) is 27.4 Å². The minimum atomic E-state index is -1.67. The first-order valence-electron chi connectivity index (χ1n) is 2.98. The molecule has 0 amide bonds. The van der Waals surface area contributed by atoms with E-state index in [2.05, 4.69) is 0 Å². The van der Waals surface area contributed by atoms with Crippen molar-refractivity contribution in [1.29, 1.82) is 0 Å². The molecule has 5 heteroatoms. The molecule has 4 N–H and O–H groups in total. The molecule has 0 saturated carbocycles. The molecule has 0 aromatic heterocycles. The fourth-order valence-corrected chi connectivity index (χ4v) is 0.767. The fraction of sp³-hybridized carbons (Fsp3) is 0. The van der Waals surface area contributed by atoms with E-state index in [9.17, 15) is 0 Å². The van der Waals surface area contributed by atoms with E-state index in [1.807, 2.05) is 0 Å². The molecular weight excluding hydrogens is 147 g/mol. The lowest BCUT2D eigenvalue weighted by Gasteiger charge is -2.00. The maximum atomic E-state index is 8.86. The second kappa shape index (κ2) is 2.81. The zero-order valence-electron chi connectivity index (χ0n) is 5.60. The van der Waals surface area contributed by atoms with Crippen molar-refractivity contribution in [2.75, 3.05) is 0 Å². The number of rotatable bonds is 1. The first kappa shape index (κ1) is 7.91. The highest BCUT2D eigenvalue weighted by atomic mass is 16.4. The van der Waals surface area contributed by atoms with E-state index in [4.69, 9.17) is 20.3 Å². The van der Waals surface area contributed by atoms with Gasteiger partial charge in [-0.3, -0.25) is 0 Å². The predicted octanol–water partition coefficient (Wildman–Crippen LogP) is -1.22. The summed E-state index contributed by atoms with van der Waals surface area (Å²) in [5.41, 5.74) is 0.0579. The normalized spacial score (nSPS) is 9.64. The average molecular weight is 154 g/mol. The highest BCUT2D eigenvalue weighted by molar-refractivity contribution is 6.58. The fourth-order valence-electron chi connectivity index (χ4n) is 0.767. The Labute approximate surface area is 63.5 Å². The van der Waals surface area contributed by atoms with E-state index in [1.54, 1.807) is 0 Å². The Balaban J connectivity index is 3.08. The lowest BCUT2D eigenvalue weighted by molar-refractivity contribution is 0.422. The molecule has 0 spiro atoms. The van der Waals surface area contributed by atoms with E-state index in [-0.39, 0.29) is 17.0 Å². The summed E-state index contributed by atoms with van der Waals surface area (Å²) in [5.74, 6) is -0.402. The van der Waals surface area contributed by atoms with Gasteiger partial charge < -0.3 is 20.3 Å². The van der Waals surface area contributed by atoms with E-state index in [1.165, 1.54) is 0 Å². The molecule has 1 aromatic rings. The lowest BCUT2D eigenvalue weighted by atomic mass is 9.80. The quantitative estimate of drug-likeness (QED) is 0.382. The third-order valence-corrected chi connectivity index (χ3v) is 1.22. The van der Waals surface area contributed by atoms with Crippen molar-refractivity contribution < 1.29 is 20.3 Å². The molecule has 0 bridgehead atoms. The first-order valence-corrected chi connectivity index (χ1v) is 2.98. The Morgan fingerprint density at radius 1 is 0.909 bits per heavy atom. The number of phenols is 2. The van der Waals surface area contributed by atoms with Crippen LogP contribution in [-0.2, 0) is 0 Å². The molecule has 4 nitrogen and oxygen atoms in total. The smallest absolute Gasteiger partial charge is 0.488 e.